The zero-order valence-corrected chi connectivity index (χ0v) is 24.1. The van der Waals surface area contributed by atoms with Crippen LogP contribution in [0, 0.1) is 42.2 Å². The largest absolute Gasteiger partial charge is 0.487 e. The van der Waals surface area contributed by atoms with Gasteiger partial charge in [-0.1, -0.05) is 55.3 Å². The number of carbonyl (C=O) groups excluding carboxylic acids is 1. The minimum Gasteiger partial charge on any atom is -0.487 e. The highest BCUT2D eigenvalue weighted by molar-refractivity contribution is 6.32. The topological polar surface area (TPSA) is 79.3 Å². The average molecular weight is 574 g/mol. The fourth-order valence-corrected chi connectivity index (χ4v) is 6.11. The van der Waals surface area contributed by atoms with E-state index in [1.807, 2.05) is 39.8 Å². The van der Waals surface area contributed by atoms with Crippen molar-refractivity contribution in [2.75, 3.05) is 4.90 Å². The maximum absolute atomic E-state index is 15.1. The van der Waals surface area contributed by atoms with E-state index >= 15 is 4.39 Å². The molecule has 210 valence electrons. The molecule has 0 aromatic heterocycles. The summed E-state index contributed by atoms with van der Waals surface area (Å²) >= 11 is 6.17. The highest BCUT2D eigenvalue weighted by Gasteiger charge is 2.45. The number of nitriles is 1. The van der Waals surface area contributed by atoms with E-state index in [-0.39, 0.29) is 46.3 Å². The van der Waals surface area contributed by atoms with E-state index in [4.69, 9.17) is 22.1 Å². The van der Waals surface area contributed by atoms with E-state index in [2.05, 4.69) is 6.07 Å². The first kappa shape index (κ1) is 28.4. The summed E-state index contributed by atoms with van der Waals surface area (Å²) in [6.45, 7) is 7.96. The van der Waals surface area contributed by atoms with E-state index in [1.165, 1.54) is 24.3 Å². The van der Waals surface area contributed by atoms with Crippen molar-refractivity contribution in [3.63, 3.8) is 0 Å². The molecule has 5 rings (SSSR count). The Labute approximate surface area is 243 Å². The molecule has 0 spiro atoms. The molecule has 0 amide bonds. The molecule has 3 aromatic rings. The van der Waals surface area contributed by atoms with Gasteiger partial charge in [0.2, 0.25) is 0 Å². The molecule has 1 aliphatic carbocycles. The lowest BCUT2D eigenvalue weighted by atomic mass is 9.68. The molecule has 2 aliphatic rings. The van der Waals surface area contributed by atoms with Crippen LogP contribution >= 0.6 is 11.6 Å². The number of para-hydroxylation sites is 1. The van der Waals surface area contributed by atoms with Crippen LogP contribution in [-0.4, -0.2) is 5.78 Å². The smallest absolute Gasteiger partial charge is 0.162 e. The zero-order valence-electron chi connectivity index (χ0n) is 23.3. The number of hydrogen-bond donors (Lipinski definition) is 1. The summed E-state index contributed by atoms with van der Waals surface area (Å²) in [7, 11) is 0. The minimum atomic E-state index is -0.727. The number of nitrogens with two attached hydrogens (primary N) is 1. The lowest BCUT2D eigenvalue weighted by Gasteiger charge is -2.44. The molecule has 1 atom stereocenters. The van der Waals surface area contributed by atoms with Gasteiger partial charge < -0.3 is 10.5 Å². The molecule has 8 heteroatoms. The average Bonchev–Trinajstić information content (AvgIpc) is 2.89. The summed E-state index contributed by atoms with van der Waals surface area (Å²) in [5.41, 5.74) is 11.0. The Morgan fingerprint density at radius 3 is 2.54 bits per heavy atom. The SMILES string of the molecule is Cc1cc(COc2ccc(F)cc2Cl)c(C)c(C2C(C#N)=C(N)N(c3ccccc3F)C3=C2C(=O)CC(C)(C)C3)c1. The molecule has 0 fully saturated rings. The Bertz CT molecular complexity index is 1690. The van der Waals surface area contributed by atoms with Crippen LogP contribution in [0.25, 0.3) is 0 Å². The van der Waals surface area contributed by atoms with E-state index in [9.17, 15) is 14.4 Å². The van der Waals surface area contributed by atoms with Crippen LogP contribution in [0.3, 0.4) is 0 Å². The molecular weight excluding hydrogens is 544 g/mol. The Kier molecular flexibility index (Phi) is 7.39. The highest BCUT2D eigenvalue weighted by Crippen LogP contribution is 2.51. The Morgan fingerprint density at radius 1 is 1.12 bits per heavy atom. The standard InChI is InChI=1S/C33H30ClF2N3O2/c1-18-11-20(17-41-29-10-9-21(35)13-24(29)34)19(2)22(12-18)30-23(16-37)32(38)39(26-8-6-5-7-25(26)36)27-14-33(3,4)15-28(40)31(27)30/h5-13,30H,14-15,17,38H2,1-4H3. The second-order valence-corrected chi connectivity index (χ2v) is 11.8. The maximum atomic E-state index is 15.1. The highest BCUT2D eigenvalue weighted by atomic mass is 35.5. The number of aryl methyl sites for hydroxylation is 1. The number of carbonyl (C=O) groups is 1. The Balaban J connectivity index is 1.67. The molecule has 0 saturated heterocycles. The third kappa shape index (κ3) is 5.20. The van der Waals surface area contributed by atoms with E-state index in [0.717, 1.165) is 22.3 Å². The first-order valence-electron chi connectivity index (χ1n) is 13.3. The van der Waals surface area contributed by atoms with Gasteiger partial charge in [-0.05, 0) is 72.7 Å². The molecule has 3 aromatic carbocycles. The summed E-state index contributed by atoms with van der Waals surface area (Å²) < 4.78 is 34.6. The summed E-state index contributed by atoms with van der Waals surface area (Å²) in [6.07, 6.45) is 0.762. The fourth-order valence-electron chi connectivity index (χ4n) is 5.89. The molecule has 1 aliphatic heterocycles. The zero-order chi connectivity index (χ0) is 29.6. The molecule has 41 heavy (non-hydrogen) atoms. The van der Waals surface area contributed by atoms with Crippen molar-refractivity contribution < 1.29 is 18.3 Å². The molecule has 5 nitrogen and oxygen atoms in total. The van der Waals surface area contributed by atoms with Gasteiger partial charge in [-0.3, -0.25) is 9.69 Å². The summed E-state index contributed by atoms with van der Waals surface area (Å²) in [5, 5.41) is 10.6. The van der Waals surface area contributed by atoms with Crippen molar-refractivity contribution in [3.05, 3.63) is 116 Å². The normalized spacial score (nSPS) is 18.3. The van der Waals surface area contributed by atoms with Gasteiger partial charge in [0.25, 0.3) is 0 Å². The second kappa shape index (κ2) is 10.7. The number of allylic oxidation sites excluding steroid dienone is 3. The van der Waals surface area contributed by atoms with Gasteiger partial charge in [-0.15, -0.1) is 0 Å². The van der Waals surface area contributed by atoms with Gasteiger partial charge in [0, 0.05) is 17.7 Å². The molecule has 2 N–H and O–H groups in total. The van der Waals surface area contributed by atoms with Crippen molar-refractivity contribution in [1.82, 2.24) is 0 Å². The number of nitrogens with zero attached hydrogens (tertiary/aromatic N) is 2. The Hall–Kier alpha value is -4.15. The molecule has 1 unspecified atom stereocenters. The fraction of sp³-hybridized carbons (Fsp3) is 0.273. The summed E-state index contributed by atoms with van der Waals surface area (Å²) in [5.74, 6) is -1.35. The predicted molar refractivity (Wildman–Crippen MR) is 155 cm³/mol. The van der Waals surface area contributed by atoms with Gasteiger partial charge in [-0.25, -0.2) is 8.78 Å². The van der Waals surface area contributed by atoms with Gasteiger partial charge in [0.05, 0.1) is 28.3 Å². The lowest BCUT2D eigenvalue weighted by Crippen LogP contribution is -2.42. The van der Waals surface area contributed by atoms with Crippen LogP contribution in [-0.2, 0) is 11.4 Å². The number of hydrogen-bond acceptors (Lipinski definition) is 5. The van der Waals surface area contributed by atoms with Crippen molar-refractivity contribution >= 4 is 23.1 Å². The Morgan fingerprint density at radius 2 is 1.85 bits per heavy atom. The van der Waals surface area contributed by atoms with Crippen molar-refractivity contribution in [2.24, 2.45) is 11.1 Å². The van der Waals surface area contributed by atoms with Gasteiger partial charge in [0.15, 0.2) is 5.78 Å². The number of benzene rings is 3. The molecule has 0 bridgehead atoms. The number of rotatable bonds is 5. The van der Waals surface area contributed by atoms with Crippen molar-refractivity contribution in [2.45, 2.75) is 53.1 Å². The second-order valence-electron chi connectivity index (χ2n) is 11.4. The summed E-state index contributed by atoms with van der Waals surface area (Å²) in [4.78, 5) is 15.4. The quantitative estimate of drug-likeness (QED) is 0.337. The van der Waals surface area contributed by atoms with Crippen LogP contribution in [0.15, 0.2) is 77.3 Å². The summed E-state index contributed by atoms with van der Waals surface area (Å²) in [6, 6.07) is 16.3. The maximum Gasteiger partial charge on any atom is 0.162 e. The first-order chi connectivity index (χ1) is 19.4. The molecule has 1 heterocycles. The molecule has 0 saturated carbocycles. The number of Topliss-reactive ketones (excluding diaryl/α,β-unsaturated/α-hetero) is 1. The monoisotopic (exact) mass is 573 g/mol. The molecular formula is C33H30ClF2N3O2. The van der Waals surface area contributed by atoms with Gasteiger partial charge >= 0.3 is 0 Å². The first-order valence-corrected chi connectivity index (χ1v) is 13.7. The number of anilines is 1. The molecule has 0 radical (unpaired) electrons. The lowest BCUT2D eigenvalue weighted by molar-refractivity contribution is -0.118. The van der Waals surface area contributed by atoms with Crippen molar-refractivity contribution in [1.29, 1.82) is 5.26 Å². The van der Waals surface area contributed by atoms with Crippen molar-refractivity contribution in [3.8, 4) is 11.8 Å². The van der Waals surface area contributed by atoms with Crippen LogP contribution in [0.5, 0.6) is 5.75 Å². The number of ether oxygens (including phenoxy) is 1. The van der Waals surface area contributed by atoms with E-state index in [0.29, 0.717) is 23.4 Å². The van der Waals surface area contributed by atoms with Crippen LogP contribution in [0.2, 0.25) is 5.02 Å². The predicted octanol–water partition coefficient (Wildman–Crippen LogP) is 7.75. The van der Waals surface area contributed by atoms with Gasteiger partial charge in [0.1, 0.15) is 29.8 Å². The number of halogens is 3. The number of ketones is 1. The van der Waals surface area contributed by atoms with Crippen LogP contribution in [0.1, 0.15) is 54.9 Å². The van der Waals surface area contributed by atoms with E-state index < -0.39 is 17.6 Å². The van der Waals surface area contributed by atoms with Crippen LogP contribution < -0.4 is 15.4 Å². The van der Waals surface area contributed by atoms with Crippen LogP contribution in [0.4, 0.5) is 14.5 Å². The van der Waals surface area contributed by atoms with E-state index in [1.54, 1.807) is 23.1 Å². The third-order valence-electron chi connectivity index (χ3n) is 7.76. The van der Waals surface area contributed by atoms with Gasteiger partial charge in [-0.2, -0.15) is 5.26 Å². The minimum absolute atomic E-state index is 0.0976. The third-order valence-corrected chi connectivity index (χ3v) is 8.06.